The molecule has 0 unspecified atom stereocenters. The Bertz CT molecular complexity index is 622. The van der Waals surface area contributed by atoms with Crippen LogP contribution in [0.1, 0.15) is 25.1 Å². The molecule has 0 saturated heterocycles. The van der Waals surface area contributed by atoms with E-state index in [0.717, 1.165) is 15.1 Å². The van der Waals surface area contributed by atoms with E-state index in [1.807, 2.05) is 26.8 Å². The van der Waals surface area contributed by atoms with Crippen molar-refractivity contribution < 1.29 is 4.79 Å². The van der Waals surface area contributed by atoms with Crippen molar-refractivity contribution in [1.29, 1.82) is 0 Å². The number of nitrogens with zero attached hydrogens (tertiary/aromatic N) is 2. The van der Waals surface area contributed by atoms with Gasteiger partial charge >= 0.3 is 0 Å². The second kappa shape index (κ2) is 6.04. The fourth-order valence-electron chi connectivity index (χ4n) is 1.88. The van der Waals surface area contributed by atoms with Crippen molar-refractivity contribution in [3.05, 3.63) is 10.9 Å². The molecular formula is C13H19N5OS. The molecule has 2 aromatic heterocycles. The van der Waals surface area contributed by atoms with Gasteiger partial charge < -0.3 is 16.4 Å². The molecule has 0 aromatic carbocycles. The fourth-order valence-corrected chi connectivity index (χ4v) is 2.77. The molecule has 0 fully saturated rings. The van der Waals surface area contributed by atoms with Gasteiger partial charge in [-0.3, -0.25) is 4.79 Å². The number of nitrogens with one attached hydrogen (secondary N) is 2. The molecule has 6 nitrogen and oxygen atoms in total. The first kappa shape index (κ1) is 14.5. The number of nitrogen functional groups attached to an aromatic ring is 1. The van der Waals surface area contributed by atoms with Gasteiger partial charge in [0, 0.05) is 23.9 Å². The van der Waals surface area contributed by atoms with Gasteiger partial charge in [0.15, 0.2) is 0 Å². The van der Waals surface area contributed by atoms with E-state index in [9.17, 15) is 4.79 Å². The highest BCUT2D eigenvalue weighted by atomic mass is 32.1. The summed E-state index contributed by atoms with van der Waals surface area (Å²) in [5, 5.41) is 6.96. The first-order valence-corrected chi connectivity index (χ1v) is 7.34. The first-order valence-electron chi connectivity index (χ1n) is 6.52. The number of carbonyl (C=O) groups is 1. The minimum absolute atomic E-state index is 0.0206. The number of rotatable bonds is 5. The summed E-state index contributed by atoms with van der Waals surface area (Å²) in [5.41, 5.74) is 5.70. The minimum Gasteiger partial charge on any atom is -0.369 e. The highest BCUT2D eigenvalue weighted by Gasteiger charge is 2.10. The predicted molar refractivity (Wildman–Crippen MR) is 82.9 cm³/mol. The highest BCUT2D eigenvalue weighted by Crippen LogP contribution is 2.28. The Balaban J connectivity index is 2.04. The fraction of sp³-hybridized carbons (Fsp3) is 0.462. The summed E-state index contributed by atoms with van der Waals surface area (Å²) >= 11 is 1.58. The number of fused-ring (bicyclic) bond motifs is 1. The van der Waals surface area contributed by atoms with Gasteiger partial charge in [-0.25, -0.2) is 4.98 Å². The molecule has 20 heavy (non-hydrogen) atoms. The van der Waals surface area contributed by atoms with Gasteiger partial charge in [0.2, 0.25) is 11.9 Å². The summed E-state index contributed by atoms with van der Waals surface area (Å²) in [6, 6.07) is 2.18. The number of thiophene rings is 1. The smallest absolute Gasteiger partial charge is 0.223 e. The number of aromatic nitrogens is 2. The standard InChI is InChI=1S/C13H19N5OS/c1-7(2)16-10(19)4-5-15-11-9-6-8(3)20-12(9)18-13(14)17-11/h6-7H,4-5H2,1-3H3,(H,16,19)(H3,14,15,17,18). The van der Waals surface area contributed by atoms with Crippen LogP contribution >= 0.6 is 11.3 Å². The van der Waals surface area contributed by atoms with E-state index < -0.39 is 0 Å². The van der Waals surface area contributed by atoms with E-state index in [1.165, 1.54) is 0 Å². The number of hydrogen-bond donors (Lipinski definition) is 3. The lowest BCUT2D eigenvalue weighted by Crippen LogP contribution is -2.31. The second-order valence-corrected chi connectivity index (χ2v) is 6.14. The van der Waals surface area contributed by atoms with Crippen LogP contribution in [0.3, 0.4) is 0 Å². The zero-order valence-corrected chi connectivity index (χ0v) is 12.7. The van der Waals surface area contributed by atoms with Gasteiger partial charge in [0.05, 0.1) is 5.39 Å². The van der Waals surface area contributed by atoms with Crippen molar-refractivity contribution in [3.8, 4) is 0 Å². The Morgan fingerprint density at radius 1 is 1.45 bits per heavy atom. The molecule has 0 atom stereocenters. The summed E-state index contributed by atoms with van der Waals surface area (Å²) < 4.78 is 0. The van der Waals surface area contributed by atoms with E-state index in [1.54, 1.807) is 11.3 Å². The Morgan fingerprint density at radius 3 is 2.90 bits per heavy atom. The molecule has 0 spiro atoms. The van der Waals surface area contributed by atoms with Crippen LogP contribution in [0.2, 0.25) is 0 Å². The molecule has 0 aliphatic carbocycles. The predicted octanol–water partition coefficient (Wildman–Crippen LogP) is 1.91. The van der Waals surface area contributed by atoms with E-state index >= 15 is 0 Å². The van der Waals surface area contributed by atoms with Crippen LogP contribution in [0, 0.1) is 6.92 Å². The van der Waals surface area contributed by atoms with Crippen LogP contribution in [-0.4, -0.2) is 28.5 Å². The number of anilines is 2. The maximum atomic E-state index is 11.6. The molecule has 2 heterocycles. The lowest BCUT2D eigenvalue weighted by molar-refractivity contribution is -0.121. The van der Waals surface area contributed by atoms with E-state index in [0.29, 0.717) is 18.8 Å². The maximum Gasteiger partial charge on any atom is 0.223 e. The third-order valence-corrected chi connectivity index (χ3v) is 3.57. The van der Waals surface area contributed by atoms with Gasteiger partial charge in [0.25, 0.3) is 0 Å². The summed E-state index contributed by atoms with van der Waals surface area (Å²) in [4.78, 5) is 22.0. The van der Waals surface area contributed by atoms with Crippen molar-refractivity contribution in [2.75, 3.05) is 17.6 Å². The monoisotopic (exact) mass is 293 g/mol. The summed E-state index contributed by atoms with van der Waals surface area (Å²) in [6.07, 6.45) is 0.396. The second-order valence-electron chi connectivity index (χ2n) is 4.91. The lowest BCUT2D eigenvalue weighted by atomic mass is 10.3. The zero-order valence-electron chi connectivity index (χ0n) is 11.9. The third kappa shape index (κ3) is 3.57. The van der Waals surface area contributed by atoms with Crippen LogP contribution in [0.4, 0.5) is 11.8 Å². The van der Waals surface area contributed by atoms with Crippen LogP contribution in [0.25, 0.3) is 10.2 Å². The Labute approximate surface area is 121 Å². The Kier molecular flexibility index (Phi) is 4.39. The molecule has 1 amide bonds. The number of aryl methyl sites for hydroxylation is 1. The van der Waals surface area contributed by atoms with Crippen molar-refractivity contribution >= 4 is 39.2 Å². The van der Waals surface area contributed by atoms with Gasteiger partial charge in [-0.2, -0.15) is 4.98 Å². The van der Waals surface area contributed by atoms with Crippen LogP contribution in [-0.2, 0) is 4.79 Å². The summed E-state index contributed by atoms with van der Waals surface area (Å²) in [5.74, 6) is 0.954. The maximum absolute atomic E-state index is 11.6. The molecule has 2 aromatic rings. The van der Waals surface area contributed by atoms with E-state index in [4.69, 9.17) is 5.73 Å². The molecule has 7 heteroatoms. The molecule has 0 saturated carbocycles. The van der Waals surface area contributed by atoms with E-state index in [-0.39, 0.29) is 17.9 Å². The molecule has 108 valence electrons. The average Bonchev–Trinajstić information content (AvgIpc) is 2.68. The molecule has 2 rings (SSSR count). The zero-order chi connectivity index (χ0) is 14.7. The van der Waals surface area contributed by atoms with Crippen LogP contribution in [0.5, 0.6) is 0 Å². The normalized spacial score (nSPS) is 11.0. The largest absolute Gasteiger partial charge is 0.369 e. The van der Waals surface area contributed by atoms with Crippen molar-refractivity contribution in [3.63, 3.8) is 0 Å². The van der Waals surface area contributed by atoms with Gasteiger partial charge in [0.1, 0.15) is 10.6 Å². The lowest BCUT2D eigenvalue weighted by Gasteiger charge is -2.09. The van der Waals surface area contributed by atoms with Gasteiger partial charge in [-0.15, -0.1) is 11.3 Å². The quantitative estimate of drug-likeness (QED) is 0.783. The molecular weight excluding hydrogens is 274 g/mol. The molecule has 4 N–H and O–H groups in total. The average molecular weight is 293 g/mol. The van der Waals surface area contributed by atoms with Crippen molar-refractivity contribution in [1.82, 2.24) is 15.3 Å². The number of hydrogen-bond acceptors (Lipinski definition) is 6. The minimum atomic E-state index is 0.0206. The topological polar surface area (TPSA) is 92.9 Å². The summed E-state index contributed by atoms with van der Waals surface area (Å²) in [7, 11) is 0. The van der Waals surface area contributed by atoms with Gasteiger partial charge in [-0.05, 0) is 26.8 Å². The van der Waals surface area contributed by atoms with Crippen LogP contribution in [0.15, 0.2) is 6.07 Å². The molecule has 0 bridgehead atoms. The highest BCUT2D eigenvalue weighted by molar-refractivity contribution is 7.18. The summed E-state index contributed by atoms with van der Waals surface area (Å²) in [6.45, 7) is 6.41. The van der Waals surface area contributed by atoms with Crippen LogP contribution < -0.4 is 16.4 Å². The Hall–Kier alpha value is -1.89. The third-order valence-electron chi connectivity index (χ3n) is 2.63. The first-order chi connectivity index (χ1) is 9.45. The van der Waals surface area contributed by atoms with Gasteiger partial charge in [-0.1, -0.05) is 0 Å². The molecule has 0 aliphatic heterocycles. The number of nitrogens with two attached hydrogens (primary N) is 1. The Morgan fingerprint density at radius 2 is 2.20 bits per heavy atom. The number of amides is 1. The van der Waals surface area contributed by atoms with Crippen molar-refractivity contribution in [2.45, 2.75) is 33.2 Å². The van der Waals surface area contributed by atoms with E-state index in [2.05, 4.69) is 20.6 Å². The number of carbonyl (C=O) groups excluding carboxylic acids is 1. The van der Waals surface area contributed by atoms with Crippen molar-refractivity contribution in [2.24, 2.45) is 0 Å². The molecule has 0 aliphatic rings. The molecule has 0 radical (unpaired) electrons. The SMILES string of the molecule is Cc1cc2c(NCCC(=O)NC(C)C)nc(N)nc2s1.